The normalized spacial score (nSPS) is 17.0. The lowest BCUT2D eigenvalue weighted by Crippen LogP contribution is -2.34. The summed E-state index contributed by atoms with van der Waals surface area (Å²) in [4.78, 5) is 7.05. The summed E-state index contributed by atoms with van der Waals surface area (Å²) in [6.07, 6.45) is 6.60. The van der Waals surface area contributed by atoms with Crippen molar-refractivity contribution in [3.8, 4) is 0 Å². The van der Waals surface area contributed by atoms with Crippen LogP contribution in [0.1, 0.15) is 44.0 Å². The van der Waals surface area contributed by atoms with Crippen LogP contribution in [0.5, 0.6) is 0 Å². The summed E-state index contributed by atoms with van der Waals surface area (Å²) in [6.45, 7) is 8.94. The third-order valence-electron chi connectivity index (χ3n) is 4.75. The fourth-order valence-corrected chi connectivity index (χ4v) is 3.56. The predicted molar refractivity (Wildman–Crippen MR) is 95.8 cm³/mol. The van der Waals surface area contributed by atoms with Gasteiger partial charge in [-0.15, -0.1) is 0 Å². The highest BCUT2D eigenvalue weighted by atomic mass is 35.5. The van der Waals surface area contributed by atoms with Crippen molar-refractivity contribution in [2.24, 2.45) is 5.92 Å². The summed E-state index contributed by atoms with van der Waals surface area (Å²) in [5.74, 6) is 2.48. The number of benzene rings is 1. The Kier molecular flexibility index (Phi) is 5.39. The zero-order valence-electron chi connectivity index (χ0n) is 14.1. The van der Waals surface area contributed by atoms with E-state index in [1.807, 2.05) is 18.3 Å². The molecule has 0 saturated carbocycles. The van der Waals surface area contributed by atoms with Gasteiger partial charge in [-0.05, 0) is 49.5 Å². The Bertz CT molecular complexity index is 610. The number of hydrogen-bond donors (Lipinski definition) is 0. The molecule has 1 aliphatic heterocycles. The van der Waals surface area contributed by atoms with Crippen LogP contribution in [0.15, 0.2) is 36.7 Å². The Morgan fingerprint density at radius 2 is 1.87 bits per heavy atom. The van der Waals surface area contributed by atoms with Crippen LogP contribution in [-0.2, 0) is 13.1 Å². The van der Waals surface area contributed by atoms with E-state index in [2.05, 4.69) is 46.6 Å². The molecule has 1 saturated heterocycles. The zero-order chi connectivity index (χ0) is 16.2. The van der Waals surface area contributed by atoms with Gasteiger partial charge >= 0.3 is 0 Å². The summed E-state index contributed by atoms with van der Waals surface area (Å²) >= 11 is 5.96. The average Bonchev–Trinajstić information content (AvgIpc) is 3.00. The standard InChI is InChI=1S/C19H26ClN3/c1-15(2)19-21-9-12-23(19)14-17-7-10-22(11-8-17)13-16-3-5-18(20)6-4-16/h3-6,9,12,15,17H,7-8,10-11,13-14H2,1-2H3. The van der Waals surface area contributed by atoms with E-state index in [-0.39, 0.29) is 0 Å². The molecule has 0 atom stereocenters. The third-order valence-corrected chi connectivity index (χ3v) is 5.00. The van der Waals surface area contributed by atoms with Gasteiger partial charge in [0.05, 0.1) is 0 Å². The Balaban J connectivity index is 1.50. The molecule has 0 bridgehead atoms. The molecule has 1 aliphatic rings. The van der Waals surface area contributed by atoms with Crippen molar-refractivity contribution >= 4 is 11.6 Å². The maximum absolute atomic E-state index is 5.96. The van der Waals surface area contributed by atoms with Crippen LogP contribution in [0.2, 0.25) is 5.02 Å². The number of aromatic nitrogens is 2. The van der Waals surface area contributed by atoms with Gasteiger partial charge in [0.2, 0.25) is 0 Å². The molecule has 124 valence electrons. The highest BCUT2D eigenvalue weighted by Crippen LogP contribution is 2.23. The molecule has 2 heterocycles. The van der Waals surface area contributed by atoms with Crippen LogP contribution in [0.25, 0.3) is 0 Å². The molecule has 0 spiro atoms. The molecule has 0 radical (unpaired) electrons. The number of hydrogen-bond acceptors (Lipinski definition) is 2. The third kappa shape index (κ3) is 4.36. The van der Waals surface area contributed by atoms with Gasteiger partial charge in [-0.25, -0.2) is 4.98 Å². The van der Waals surface area contributed by atoms with Crippen LogP contribution in [0.3, 0.4) is 0 Å². The first-order chi connectivity index (χ1) is 11.1. The van der Waals surface area contributed by atoms with E-state index in [0.29, 0.717) is 5.92 Å². The van der Waals surface area contributed by atoms with Crippen molar-refractivity contribution in [2.45, 2.75) is 45.7 Å². The summed E-state index contributed by atoms with van der Waals surface area (Å²) in [6, 6.07) is 8.23. The predicted octanol–water partition coefficient (Wildman–Crippen LogP) is 4.57. The molecular weight excluding hydrogens is 306 g/mol. The molecule has 1 aromatic heterocycles. The number of halogens is 1. The summed E-state index contributed by atoms with van der Waals surface area (Å²) in [5, 5.41) is 0.814. The molecule has 0 aliphatic carbocycles. The van der Waals surface area contributed by atoms with Crippen molar-refractivity contribution in [3.63, 3.8) is 0 Å². The minimum atomic E-state index is 0.495. The second-order valence-corrected chi connectivity index (χ2v) is 7.37. The molecule has 2 aromatic rings. The number of imidazole rings is 1. The lowest BCUT2D eigenvalue weighted by Gasteiger charge is -2.32. The Morgan fingerprint density at radius 3 is 2.52 bits per heavy atom. The molecule has 0 unspecified atom stereocenters. The van der Waals surface area contributed by atoms with Crippen LogP contribution in [0, 0.1) is 5.92 Å². The minimum Gasteiger partial charge on any atom is -0.334 e. The SMILES string of the molecule is CC(C)c1nccn1CC1CCN(Cc2ccc(Cl)cc2)CC1. The topological polar surface area (TPSA) is 21.1 Å². The summed E-state index contributed by atoms with van der Waals surface area (Å²) < 4.78 is 2.35. The van der Waals surface area contributed by atoms with E-state index >= 15 is 0 Å². The molecule has 1 aromatic carbocycles. The molecule has 3 nitrogen and oxygen atoms in total. The first-order valence-electron chi connectivity index (χ1n) is 8.59. The fraction of sp³-hybridized carbons (Fsp3) is 0.526. The van der Waals surface area contributed by atoms with Gasteiger partial charge in [0.1, 0.15) is 5.82 Å². The highest BCUT2D eigenvalue weighted by Gasteiger charge is 2.20. The molecule has 23 heavy (non-hydrogen) atoms. The largest absolute Gasteiger partial charge is 0.334 e. The first-order valence-corrected chi connectivity index (χ1v) is 8.97. The molecule has 3 rings (SSSR count). The number of nitrogens with zero attached hydrogens (tertiary/aromatic N) is 3. The van der Waals surface area contributed by atoms with Crippen molar-refractivity contribution < 1.29 is 0 Å². The molecule has 0 N–H and O–H groups in total. The fourth-order valence-electron chi connectivity index (χ4n) is 3.43. The Morgan fingerprint density at radius 1 is 1.17 bits per heavy atom. The van der Waals surface area contributed by atoms with Crippen molar-refractivity contribution in [3.05, 3.63) is 53.1 Å². The Hall–Kier alpha value is -1.32. The smallest absolute Gasteiger partial charge is 0.111 e. The van der Waals surface area contributed by atoms with E-state index in [4.69, 9.17) is 11.6 Å². The Labute approximate surface area is 144 Å². The minimum absolute atomic E-state index is 0.495. The van der Waals surface area contributed by atoms with E-state index in [1.165, 1.54) is 37.3 Å². The number of likely N-dealkylation sites (tertiary alicyclic amines) is 1. The molecule has 1 fully saturated rings. The summed E-state index contributed by atoms with van der Waals surface area (Å²) in [5.41, 5.74) is 1.35. The van der Waals surface area contributed by atoms with Gasteiger partial charge in [0, 0.05) is 36.4 Å². The van der Waals surface area contributed by atoms with Crippen LogP contribution < -0.4 is 0 Å². The van der Waals surface area contributed by atoms with Gasteiger partial charge in [-0.3, -0.25) is 4.90 Å². The highest BCUT2D eigenvalue weighted by molar-refractivity contribution is 6.30. The second-order valence-electron chi connectivity index (χ2n) is 6.94. The van der Waals surface area contributed by atoms with Crippen molar-refractivity contribution in [1.82, 2.24) is 14.5 Å². The number of rotatable bonds is 5. The second kappa shape index (κ2) is 7.50. The monoisotopic (exact) mass is 331 g/mol. The lowest BCUT2D eigenvalue weighted by atomic mass is 9.96. The van der Waals surface area contributed by atoms with Gasteiger partial charge in [0.15, 0.2) is 0 Å². The lowest BCUT2D eigenvalue weighted by molar-refractivity contribution is 0.166. The summed E-state index contributed by atoms with van der Waals surface area (Å²) in [7, 11) is 0. The van der Waals surface area contributed by atoms with E-state index < -0.39 is 0 Å². The van der Waals surface area contributed by atoms with Gasteiger partial charge in [-0.1, -0.05) is 37.6 Å². The van der Waals surface area contributed by atoms with Crippen LogP contribution in [0.4, 0.5) is 0 Å². The van der Waals surface area contributed by atoms with Crippen LogP contribution >= 0.6 is 11.6 Å². The van der Waals surface area contributed by atoms with Gasteiger partial charge < -0.3 is 4.57 Å². The van der Waals surface area contributed by atoms with E-state index in [1.54, 1.807) is 0 Å². The maximum Gasteiger partial charge on any atom is 0.111 e. The number of piperidine rings is 1. The quantitative estimate of drug-likeness (QED) is 0.800. The van der Waals surface area contributed by atoms with Crippen molar-refractivity contribution in [2.75, 3.05) is 13.1 Å². The molecule has 0 amide bonds. The van der Waals surface area contributed by atoms with Crippen LogP contribution in [-0.4, -0.2) is 27.5 Å². The molecule has 4 heteroatoms. The van der Waals surface area contributed by atoms with Gasteiger partial charge in [0.25, 0.3) is 0 Å². The van der Waals surface area contributed by atoms with E-state index in [9.17, 15) is 0 Å². The molecular formula is C19H26ClN3. The van der Waals surface area contributed by atoms with Crippen molar-refractivity contribution in [1.29, 1.82) is 0 Å². The van der Waals surface area contributed by atoms with E-state index in [0.717, 1.165) is 24.0 Å². The zero-order valence-corrected chi connectivity index (χ0v) is 14.8. The average molecular weight is 332 g/mol. The first kappa shape index (κ1) is 16.5. The maximum atomic E-state index is 5.96. The van der Waals surface area contributed by atoms with Gasteiger partial charge in [-0.2, -0.15) is 0 Å².